The number of carboxylic acid groups (broad SMARTS) is 1. The summed E-state index contributed by atoms with van der Waals surface area (Å²) < 4.78 is 0.999. The van der Waals surface area contributed by atoms with Gasteiger partial charge in [0, 0.05) is 32.2 Å². The Morgan fingerprint density at radius 2 is 2.20 bits per heavy atom. The van der Waals surface area contributed by atoms with Crippen LogP contribution in [0.4, 0.5) is 0 Å². The molecule has 0 saturated heterocycles. The maximum Gasteiger partial charge on any atom is 0.0717 e. The van der Waals surface area contributed by atoms with E-state index in [1.165, 1.54) is 5.56 Å². The second-order valence-corrected chi connectivity index (χ2v) is 6.51. The number of rotatable bonds is 5. The summed E-state index contributed by atoms with van der Waals surface area (Å²) in [6.07, 6.45) is 0.944. The number of aryl methyl sites for hydroxylation is 1. The molecule has 3 nitrogen and oxygen atoms in total. The lowest BCUT2D eigenvalue weighted by Crippen LogP contribution is -2.22. The summed E-state index contributed by atoms with van der Waals surface area (Å²) in [5, 5.41) is 11.7. The van der Waals surface area contributed by atoms with Gasteiger partial charge in [-0.15, -0.1) is 11.8 Å². The summed E-state index contributed by atoms with van der Waals surface area (Å²) in [5.74, 6) is -0.493. The van der Waals surface area contributed by atoms with E-state index in [1.807, 2.05) is 25.1 Å². The average molecular weight is 353 g/mol. The summed E-state index contributed by atoms with van der Waals surface area (Å²) in [7, 11) is 0. The molecule has 0 atom stereocenters. The van der Waals surface area contributed by atoms with Crippen molar-refractivity contribution in [3.63, 3.8) is 0 Å². The Kier molecular flexibility index (Phi) is 5.05. The van der Waals surface area contributed by atoms with Gasteiger partial charge in [0.15, 0.2) is 0 Å². The molecule has 106 valence electrons. The first-order chi connectivity index (χ1) is 9.52. The Hall–Kier alpha value is -1.07. The molecule has 0 aliphatic carbocycles. The summed E-state index contributed by atoms with van der Waals surface area (Å²) >= 11 is 5.05. The van der Waals surface area contributed by atoms with Crippen LogP contribution < -0.4 is 5.11 Å². The molecule has 0 saturated carbocycles. The molecule has 0 aliphatic heterocycles. The minimum atomic E-state index is -1.01. The van der Waals surface area contributed by atoms with Gasteiger partial charge >= 0.3 is 0 Å². The smallest absolute Gasteiger partial charge is 0.0717 e. The van der Waals surface area contributed by atoms with Crippen LogP contribution in [0, 0.1) is 6.92 Å². The van der Waals surface area contributed by atoms with Crippen molar-refractivity contribution in [1.29, 1.82) is 0 Å². The predicted octanol–water partition coefficient (Wildman–Crippen LogP) is 3.10. The topological polar surface area (TPSA) is 53.0 Å². The highest BCUT2D eigenvalue weighted by molar-refractivity contribution is 9.10. The molecule has 0 N–H and O–H groups in total. The van der Waals surface area contributed by atoms with Crippen molar-refractivity contribution in [3.05, 3.63) is 33.9 Å². The number of carboxylic acids is 1. The van der Waals surface area contributed by atoms with Crippen LogP contribution in [-0.4, -0.2) is 16.7 Å². The van der Waals surface area contributed by atoms with E-state index in [-0.39, 0.29) is 6.42 Å². The van der Waals surface area contributed by atoms with Crippen molar-refractivity contribution in [2.45, 2.75) is 31.6 Å². The Morgan fingerprint density at radius 1 is 1.45 bits per heavy atom. The van der Waals surface area contributed by atoms with Gasteiger partial charge in [0.2, 0.25) is 0 Å². The number of aliphatic carboxylic acids is 1. The molecule has 0 amide bonds. The summed E-state index contributed by atoms with van der Waals surface area (Å²) in [6.45, 7) is 4.10. The minimum Gasteiger partial charge on any atom is -0.550 e. The van der Waals surface area contributed by atoms with Crippen LogP contribution in [0.2, 0.25) is 0 Å². The zero-order chi connectivity index (χ0) is 14.7. The molecule has 5 heteroatoms. The fourth-order valence-corrected chi connectivity index (χ4v) is 3.80. The molecule has 20 heavy (non-hydrogen) atoms. The Balaban J connectivity index is 2.51. The van der Waals surface area contributed by atoms with Crippen LogP contribution >= 0.6 is 27.7 Å². The third kappa shape index (κ3) is 3.33. The van der Waals surface area contributed by atoms with Gasteiger partial charge in [-0.3, -0.25) is 4.98 Å². The monoisotopic (exact) mass is 352 g/mol. The van der Waals surface area contributed by atoms with E-state index < -0.39 is 5.97 Å². The molecule has 0 fully saturated rings. The highest BCUT2D eigenvalue weighted by Gasteiger charge is 2.12. The van der Waals surface area contributed by atoms with Gasteiger partial charge in [0.05, 0.1) is 5.52 Å². The van der Waals surface area contributed by atoms with Gasteiger partial charge in [-0.05, 0) is 43.5 Å². The van der Waals surface area contributed by atoms with Crippen LogP contribution in [0.1, 0.15) is 24.6 Å². The Morgan fingerprint density at radius 3 is 2.85 bits per heavy atom. The molecule has 2 aromatic rings. The number of halogens is 1. The zero-order valence-electron chi connectivity index (χ0n) is 11.4. The lowest BCUT2D eigenvalue weighted by Gasteiger charge is -2.14. The van der Waals surface area contributed by atoms with Crippen LogP contribution in [-0.2, 0) is 11.2 Å². The molecule has 2 rings (SSSR count). The molecular formula is C15H15BrNO2S-. The number of aromatic nitrogens is 1. The number of pyridine rings is 1. The quantitative estimate of drug-likeness (QED) is 0.775. The third-order valence-corrected chi connectivity index (χ3v) is 4.76. The second-order valence-electron chi connectivity index (χ2n) is 4.49. The summed E-state index contributed by atoms with van der Waals surface area (Å²) in [5.41, 5.74) is 3.15. The lowest BCUT2D eigenvalue weighted by molar-refractivity contribution is -0.305. The molecule has 0 spiro atoms. The van der Waals surface area contributed by atoms with Gasteiger partial charge < -0.3 is 9.90 Å². The van der Waals surface area contributed by atoms with E-state index in [1.54, 1.807) is 11.8 Å². The van der Waals surface area contributed by atoms with E-state index in [9.17, 15) is 9.90 Å². The number of nitrogens with zero attached hydrogens (tertiary/aromatic N) is 1. The van der Waals surface area contributed by atoms with Crippen LogP contribution in [0.15, 0.2) is 27.6 Å². The molecule has 0 radical (unpaired) electrons. The number of carbonyl (C=O) groups is 1. The normalized spacial score (nSPS) is 10.9. The second kappa shape index (κ2) is 6.59. The molecular weight excluding hydrogens is 338 g/mol. The number of hydrogen-bond acceptors (Lipinski definition) is 4. The molecule has 0 aliphatic rings. The number of fused-ring (bicyclic) bond motifs is 1. The average Bonchev–Trinajstić information content (AvgIpc) is 2.39. The SMILES string of the molecule is CCc1c(C)nc2ccc(Br)cc2c1SCCC(=O)[O-]. The van der Waals surface area contributed by atoms with Crippen molar-refractivity contribution in [1.82, 2.24) is 4.98 Å². The molecule has 1 aromatic carbocycles. The fraction of sp³-hybridized carbons (Fsp3) is 0.333. The maximum absolute atomic E-state index is 10.6. The van der Waals surface area contributed by atoms with Crippen molar-refractivity contribution in [2.24, 2.45) is 0 Å². The number of thioether (sulfide) groups is 1. The first-order valence-corrected chi connectivity index (χ1v) is 8.22. The van der Waals surface area contributed by atoms with Crippen LogP contribution in [0.5, 0.6) is 0 Å². The highest BCUT2D eigenvalue weighted by Crippen LogP contribution is 2.34. The van der Waals surface area contributed by atoms with Crippen molar-refractivity contribution in [3.8, 4) is 0 Å². The largest absolute Gasteiger partial charge is 0.550 e. The summed E-state index contributed by atoms with van der Waals surface area (Å²) in [4.78, 5) is 16.3. The standard InChI is InChI=1S/C15H16BrNO2S/c1-3-11-9(2)17-13-5-4-10(16)8-12(13)15(11)20-7-6-14(18)19/h4-5,8H,3,6-7H2,1-2H3,(H,18,19)/p-1. The Labute approximate surface area is 130 Å². The van der Waals surface area contributed by atoms with Gasteiger partial charge in [-0.2, -0.15) is 0 Å². The zero-order valence-corrected chi connectivity index (χ0v) is 13.8. The fourth-order valence-electron chi connectivity index (χ4n) is 2.18. The van der Waals surface area contributed by atoms with E-state index in [0.717, 1.165) is 32.4 Å². The molecule has 0 bridgehead atoms. The van der Waals surface area contributed by atoms with Gasteiger partial charge in [-0.1, -0.05) is 22.9 Å². The first-order valence-electron chi connectivity index (χ1n) is 6.44. The predicted molar refractivity (Wildman–Crippen MR) is 83.9 cm³/mol. The number of benzene rings is 1. The van der Waals surface area contributed by atoms with Crippen molar-refractivity contribution in [2.75, 3.05) is 5.75 Å². The number of carbonyl (C=O) groups excluding carboxylic acids is 1. The number of hydrogen-bond donors (Lipinski definition) is 0. The molecule has 1 aromatic heterocycles. The van der Waals surface area contributed by atoms with E-state index in [2.05, 4.69) is 27.8 Å². The van der Waals surface area contributed by atoms with Gasteiger partial charge in [-0.25, -0.2) is 0 Å². The van der Waals surface area contributed by atoms with Crippen LogP contribution in [0.25, 0.3) is 10.9 Å². The maximum atomic E-state index is 10.6. The lowest BCUT2D eigenvalue weighted by atomic mass is 10.1. The minimum absolute atomic E-state index is 0.0602. The van der Waals surface area contributed by atoms with Gasteiger partial charge in [0.25, 0.3) is 0 Å². The molecule has 0 unspecified atom stereocenters. The van der Waals surface area contributed by atoms with Crippen molar-refractivity contribution >= 4 is 44.6 Å². The van der Waals surface area contributed by atoms with Crippen molar-refractivity contribution < 1.29 is 9.90 Å². The Bertz CT molecular complexity index is 658. The van der Waals surface area contributed by atoms with Gasteiger partial charge in [0.1, 0.15) is 0 Å². The summed E-state index contributed by atoms with van der Waals surface area (Å²) in [6, 6.07) is 5.99. The highest BCUT2D eigenvalue weighted by atomic mass is 79.9. The molecule has 1 heterocycles. The van der Waals surface area contributed by atoms with Crippen LogP contribution in [0.3, 0.4) is 0 Å². The van der Waals surface area contributed by atoms with E-state index >= 15 is 0 Å². The third-order valence-electron chi connectivity index (χ3n) is 3.11. The van der Waals surface area contributed by atoms with E-state index in [0.29, 0.717) is 5.75 Å². The van der Waals surface area contributed by atoms with E-state index in [4.69, 9.17) is 0 Å². The first kappa shape index (κ1) is 15.3.